The lowest BCUT2D eigenvalue weighted by atomic mass is 9.87. The molecular formula is C23H29ClFN5O5. The van der Waals surface area contributed by atoms with Crippen molar-refractivity contribution in [2.45, 2.75) is 74.7 Å². The number of amides is 1. The Kier molecular flexibility index (Phi) is 7.16. The fourth-order valence-electron chi connectivity index (χ4n) is 4.83. The molecule has 1 amide bonds. The maximum absolute atomic E-state index is 13.7. The first-order valence-corrected chi connectivity index (χ1v) is 12.1. The van der Waals surface area contributed by atoms with Crippen LogP contribution in [0.1, 0.15) is 45.4 Å². The molecule has 0 saturated heterocycles. The molecule has 4 aliphatic rings. The second-order valence-electron chi connectivity index (χ2n) is 9.49. The lowest BCUT2D eigenvalue weighted by molar-refractivity contribution is -0.143. The number of amidine groups is 1. The Morgan fingerprint density at radius 3 is 2.71 bits per heavy atom. The molecule has 5 N–H and O–H groups in total. The minimum atomic E-state index is -1.43. The summed E-state index contributed by atoms with van der Waals surface area (Å²) in [7, 11) is 0. The number of carbonyl (C=O) groups excluding carboxylic acids is 1. The van der Waals surface area contributed by atoms with Gasteiger partial charge >= 0.3 is 11.9 Å². The predicted molar refractivity (Wildman–Crippen MR) is 127 cm³/mol. The van der Waals surface area contributed by atoms with Gasteiger partial charge < -0.3 is 25.6 Å². The third-order valence-electron chi connectivity index (χ3n) is 7.04. The molecule has 5 atom stereocenters. The summed E-state index contributed by atoms with van der Waals surface area (Å²) in [5.74, 6) is -1.90. The summed E-state index contributed by atoms with van der Waals surface area (Å²) in [6, 6.07) is -0.629. The highest BCUT2D eigenvalue weighted by Crippen LogP contribution is 2.50. The molecule has 0 aromatic carbocycles. The summed E-state index contributed by atoms with van der Waals surface area (Å²) in [5.41, 5.74) is 5.26. The quantitative estimate of drug-likeness (QED) is 0.258. The van der Waals surface area contributed by atoms with Gasteiger partial charge in [0.15, 0.2) is 5.90 Å². The first-order chi connectivity index (χ1) is 16.6. The van der Waals surface area contributed by atoms with Gasteiger partial charge in [0.2, 0.25) is 0 Å². The van der Waals surface area contributed by atoms with Crippen LogP contribution in [0.3, 0.4) is 0 Å². The molecule has 12 heteroatoms. The Hall–Kier alpha value is -2.95. The zero-order valence-electron chi connectivity index (χ0n) is 19.2. The van der Waals surface area contributed by atoms with Gasteiger partial charge in [-0.2, -0.15) is 4.99 Å². The molecule has 0 aromatic heterocycles. The van der Waals surface area contributed by atoms with E-state index < -0.39 is 40.9 Å². The lowest BCUT2D eigenvalue weighted by Crippen LogP contribution is -2.50. The highest BCUT2D eigenvalue weighted by Gasteiger charge is 2.62. The molecule has 10 nitrogen and oxygen atoms in total. The largest absolute Gasteiger partial charge is 0.481 e. The number of nitrogens with one attached hydrogen (secondary N) is 2. The Morgan fingerprint density at radius 1 is 1.37 bits per heavy atom. The minimum Gasteiger partial charge on any atom is -0.481 e. The zero-order chi connectivity index (χ0) is 25.3. The van der Waals surface area contributed by atoms with Crippen molar-refractivity contribution in [1.82, 2.24) is 5.32 Å². The summed E-state index contributed by atoms with van der Waals surface area (Å²) in [4.78, 5) is 32.2. The summed E-state index contributed by atoms with van der Waals surface area (Å²) in [6.07, 6.45) is 6.29. The number of aliphatic carboxylic acids is 1. The van der Waals surface area contributed by atoms with Gasteiger partial charge in [-0.3, -0.25) is 15.0 Å². The molecule has 2 saturated carbocycles. The molecule has 0 spiro atoms. The second kappa shape index (κ2) is 9.96. The minimum absolute atomic E-state index is 0.0145. The van der Waals surface area contributed by atoms with Crippen molar-refractivity contribution in [2.24, 2.45) is 27.6 Å². The number of alkyl halides is 2. The van der Waals surface area contributed by atoms with Crippen molar-refractivity contribution >= 4 is 41.3 Å². The maximum Gasteiger partial charge on any atom is 0.307 e. The summed E-state index contributed by atoms with van der Waals surface area (Å²) in [5, 5.41) is 19.1. The molecule has 2 fully saturated rings. The lowest BCUT2D eigenvalue weighted by Gasteiger charge is -2.32. The van der Waals surface area contributed by atoms with Crippen molar-refractivity contribution < 1.29 is 28.6 Å². The van der Waals surface area contributed by atoms with Crippen LogP contribution in [0.15, 0.2) is 33.9 Å². The molecule has 190 valence electrons. The van der Waals surface area contributed by atoms with Crippen LogP contribution < -0.4 is 11.1 Å². The molecule has 3 aliphatic carbocycles. The number of hydrogen-bond acceptors (Lipinski definition) is 7. The Bertz CT molecular complexity index is 1020. The molecule has 5 unspecified atom stereocenters. The molecule has 35 heavy (non-hydrogen) atoms. The molecule has 1 aliphatic heterocycles. The van der Waals surface area contributed by atoms with E-state index in [1.165, 1.54) is 18.2 Å². The van der Waals surface area contributed by atoms with E-state index in [9.17, 15) is 14.0 Å². The van der Waals surface area contributed by atoms with Gasteiger partial charge in [0.25, 0.3) is 11.9 Å². The number of aliphatic imine (C=N–C) groups is 2. The summed E-state index contributed by atoms with van der Waals surface area (Å²) < 4.78 is 24.8. The molecular weight excluding hydrogens is 481 g/mol. The Morgan fingerprint density at radius 2 is 2.09 bits per heavy atom. The average Bonchev–Trinajstić information content (AvgIpc) is 3.50. The van der Waals surface area contributed by atoms with Gasteiger partial charge in [-0.05, 0) is 50.2 Å². The van der Waals surface area contributed by atoms with Gasteiger partial charge in [0, 0.05) is 6.42 Å². The predicted octanol–water partition coefficient (Wildman–Crippen LogP) is 2.42. The van der Waals surface area contributed by atoms with E-state index in [4.69, 9.17) is 37.3 Å². The van der Waals surface area contributed by atoms with Crippen LogP contribution in [-0.4, -0.2) is 64.0 Å². The van der Waals surface area contributed by atoms with Crippen molar-refractivity contribution in [3.63, 3.8) is 0 Å². The SMILES string of the molecule is CC1CC(OC2CCC(C(=O)O)CC2)=NC2CC12NC(=O)C(=N)OC(N)=NC1=CC(F)C(Cl)C=C1. The zero-order valence-corrected chi connectivity index (χ0v) is 20.0. The highest BCUT2D eigenvalue weighted by molar-refractivity contribution is 6.35. The van der Waals surface area contributed by atoms with E-state index in [1.807, 2.05) is 6.92 Å². The van der Waals surface area contributed by atoms with E-state index in [-0.39, 0.29) is 29.7 Å². The van der Waals surface area contributed by atoms with Crippen LogP contribution in [0.25, 0.3) is 0 Å². The van der Waals surface area contributed by atoms with Gasteiger partial charge in [-0.25, -0.2) is 9.38 Å². The number of ether oxygens (including phenoxy) is 2. The van der Waals surface area contributed by atoms with Crippen LogP contribution in [0.4, 0.5) is 4.39 Å². The van der Waals surface area contributed by atoms with Gasteiger partial charge in [0.1, 0.15) is 12.3 Å². The summed E-state index contributed by atoms with van der Waals surface area (Å²) in [6.45, 7) is 1.99. The van der Waals surface area contributed by atoms with E-state index >= 15 is 0 Å². The number of hydrogen-bond donors (Lipinski definition) is 4. The maximum atomic E-state index is 13.7. The molecule has 4 rings (SSSR count). The normalized spacial score (nSPS) is 36.3. The number of rotatable bonds is 4. The topological polar surface area (TPSA) is 159 Å². The number of halogens is 2. The fraction of sp³-hybridized carbons (Fsp3) is 0.609. The fourth-order valence-corrected chi connectivity index (χ4v) is 4.97. The number of fused-ring (bicyclic) bond motifs is 1. The Balaban J connectivity index is 1.29. The van der Waals surface area contributed by atoms with Crippen LogP contribution in [-0.2, 0) is 19.1 Å². The molecule has 0 aromatic rings. The van der Waals surface area contributed by atoms with E-state index in [0.717, 1.165) is 0 Å². The van der Waals surface area contributed by atoms with Crippen molar-refractivity contribution in [2.75, 3.05) is 0 Å². The molecule has 1 heterocycles. The molecule has 0 bridgehead atoms. The van der Waals surface area contributed by atoms with Crippen molar-refractivity contribution in [3.8, 4) is 0 Å². The summed E-state index contributed by atoms with van der Waals surface area (Å²) >= 11 is 5.75. The first kappa shape index (κ1) is 25.2. The van der Waals surface area contributed by atoms with Gasteiger partial charge in [-0.15, -0.1) is 11.6 Å². The second-order valence-corrected chi connectivity index (χ2v) is 10.00. The van der Waals surface area contributed by atoms with E-state index in [1.54, 1.807) is 0 Å². The number of nitrogens with zero attached hydrogens (tertiary/aromatic N) is 2. The number of allylic oxidation sites excluding steroid dienone is 3. The average molecular weight is 510 g/mol. The van der Waals surface area contributed by atoms with Gasteiger partial charge in [-0.1, -0.05) is 13.0 Å². The van der Waals surface area contributed by atoms with Crippen LogP contribution in [0.2, 0.25) is 0 Å². The Labute approximate surface area is 207 Å². The highest BCUT2D eigenvalue weighted by atomic mass is 35.5. The van der Waals surface area contributed by atoms with Crippen LogP contribution in [0.5, 0.6) is 0 Å². The van der Waals surface area contributed by atoms with E-state index in [2.05, 4.69) is 15.3 Å². The number of carboxylic acids is 1. The van der Waals surface area contributed by atoms with Crippen LogP contribution >= 0.6 is 11.6 Å². The van der Waals surface area contributed by atoms with Crippen molar-refractivity contribution in [3.05, 3.63) is 23.9 Å². The van der Waals surface area contributed by atoms with E-state index in [0.29, 0.717) is 44.4 Å². The monoisotopic (exact) mass is 509 g/mol. The third kappa shape index (κ3) is 5.66. The number of carbonyl (C=O) groups is 2. The number of nitrogens with two attached hydrogens (primary N) is 1. The van der Waals surface area contributed by atoms with Gasteiger partial charge in [0.05, 0.1) is 28.6 Å². The first-order valence-electron chi connectivity index (χ1n) is 11.6. The van der Waals surface area contributed by atoms with Crippen molar-refractivity contribution in [1.29, 1.82) is 5.41 Å². The number of carboxylic acid groups (broad SMARTS) is 1. The standard InChI is InChI=1S/C23H29ClFN5O5/c1-11-8-18(34-14-5-2-12(3-6-14)21(32)33)29-17-10-23(11,17)30-20(31)19(26)35-22(27)28-13-4-7-15(24)16(25)9-13/h4,7,9,11-12,14-17,26H,2-3,5-6,8,10H2,1H3,(H2,27,28)(H,30,31)(H,32,33). The molecule has 0 radical (unpaired) electrons. The van der Waals surface area contributed by atoms with Crippen LogP contribution in [0, 0.1) is 17.2 Å². The third-order valence-corrected chi connectivity index (χ3v) is 7.42. The smallest absolute Gasteiger partial charge is 0.307 e.